The van der Waals surface area contributed by atoms with E-state index in [0.29, 0.717) is 31.8 Å². The Morgan fingerprint density at radius 2 is 2.12 bits per heavy atom. The fourth-order valence-corrected chi connectivity index (χ4v) is 3.10. The zero-order chi connectivity index (χ0) is 17.1. The lowest BCUT2D eigenvalue weighted by atomic mass is 10.0. The molecule has 1 atom stereocenters. The van der Waals surface area contributed by atoms with Crippen molar-refractivity contribution in [1.29, 1.82) is 0 Å². The highest BCUT2D eigenvalue weighted by molar-refractivity contribution is 5.89. The molecule has 0 spiro atoms. The SMILES string of the molecule is Nc1cc(=O)[nH]c(CCNC(=O)C2CCCCN2C(=O)C2CC2)n1. The van der Waals surface area contributed by atoms with Crippen LogP contribution in [0.2, 0.25) is 0 Å². The molecule has 130 valence electrons. The third-order valence-corrected chi connectivity index (χ3v) is 4.49. The molecule has 3 rings (SSSR count). The summed E-state index contributed by atoms with van der Waals surface area (Å²) in [6, 6.07) is 0.838. The number of anilines is 1. The molecule has 8 heteroatoms. The van der Waals surface area contributed by atoms with E-state index in [2.05, 4.69) is 15.3 Å². The van der Waals surface area contributed by atoms with Gasteiger partial charge in [-0.3, -0.25) is 14.4 Å². The summed E-state index contributed by atoms with van der Waals surface area (Å²) in [6.45, 7) is 1.00. The number of nitrogens with two attached hydrogens (primary N) is 1. The average Bonchev–Trinajstić information content (AvgIpc) is 3.38. The summed E-state index contributed by atoms with van der Waals surface area (Å²) in [5, 5.41) is 2.85. The lowest BCUT2D eigenvalue weighted by Gasteiger charge is -2.34. The molecule has 4 N–H and O–H groups in total. The van der Waals surface area contributed by atoms with Gasteiger partial charge in [0.1, 0.15) is 17.7 Å². The van der Waals surface area contributed by atoms with Crippen LogP contribution in [-0.4, -0.2) is 45.8 Å². The smallest absolute Gasteiger partial charge is 0.252 e. The summed E-state index contributed by atoms with van der Waals surface area (Å²) in [6.07, 6.45) is 4.89. The number of nitrogens with one attached hydrogen (secondary N) is 2. The van der Waals surface area contributed by atoms with E-state index in [9.17, 15) is 14.4 Å². The van der Waals surface area contributed by atoms with E-state index in [1.807, 2.05) is 0 Å². The first-order chi connectivity index (χ1) is 11.5. The van der Waals surface area contributed by atoms with E-state index in [4.69, 9.17) is 5.73 Å². The molecule has 1 aromatic rings. The van der Waals surface area contributed by atoms with E-state index in [0.717, 1.165) is 25.7 Å². The van der Waals surface area contributed by atoms with Crippen LogP contribution in [0, 0.1) is 5.92 Å². The van der Waals surface area contributed by atoms with Crippen LogP contribution in [-0.2, 0) is 16.0 Å². The number of carbonyl (C=O) groups is 2. The third kappa shape index (κ3) is 3.93. The van der Waals surface area contributed by atoms with E-state index >= 15 is 0 Å². The van der Waals surface area contributed by atoms with E-state index in [1.54, 1.807) is 4.90 Å². The Morgan fingerprint density at radius 3 is 2.83 bits per heavy atom. The predicted octanol–water partition coefficient (Wildman–Crippen LogP) is -0.198. The highest BCUT2D eigenvalue weighted by Crippen LogP contribution is 2.33. The summed E-state index contributed by atoms with van der Waals surface area (Å²) >= 11 is 0. The Bertz CT molecular complexity index is 683. The van der Waals surface area contributed by atoms with Gasteiger partial charge in [-0.1, -0.05) is 0 Å². The molecule has 1 saturated carbocycles. The van der Waals surface area contributed by atoms with Crippen molar-refractivity contribution in [3.63, 3.8) is 0 Å². The van der Waals surface area contributed by atoms with Gasteiger partial charge >= 0.3 is 0 Å². The molecular formula is C16H23N5O3. The van der Waals surface area contributed by atoms with Gasteiger partial charge in [0.05, 0.1) is 0 Å². The van der Waals surface area contributed by atoms with E-state index in [-0.39, 0.29) is 35.2 Å². The largest absolute Gasteiger partial charge is 0.383 e. The minimum Gasteiger partial charge on any atom is -0.383 e. The van der Waals surface area contributed by atoms with Gasteiger partial charge in [-0.05, 0) is 32.1 Å². The number of carbonyl (C=O) groups excluding carboxylic acids is 2. The second kappa shape index (κ2) is 7.02. The van der Waals surface area contributed by atoms with E-state index < -0.39 is 0 Å². The third-order valence-electron chi connectivity index (χ3n) is 4.49. The monoisotopic (exact) mass is 333 g/mol. The Balaban J connectivity index is 1.54. The van der Waals surface area contributed by atoms with Gasteiger partial charge < -0.3 is 20.9 Å². The molecule has 1 unspecified atom stereocenters. The summed E-state index contributed by atoms with van der Waals surface area (Å²) in [5.41, 5.74) is 5.22. The Hall–Kier alpha value is -2.38. The van der Waals surface area contributed by atoms with Crippen LogP contribution in [0.1, 0.15) is 37.9 Å². The number of nitrogens with zero attached hydrogens (tertiary/aromatic N) is 2. The van der Waals surface area contributed by atoms with E-state index in [1.165, 1.54) is 6.07 Å². The molecule has 1 saturated heterocycles. The molecule has 2 amide bonds. The maximum atomic E-state index is 12.5. The molecule has 1 aromatic heterocycles. The number of piperidine rings is 1. The number of H-pyrrole nitrogens is 1. The number of likely N-dealkylation sites (tertiary alicyclic amines) is 1. The van der Waals surface area contributed by atoms with Crippen molar-refractivity contribution in [2.24, 2.45) is 5.92 Å². The first kappa shape index (κ1) is 16.5. The molecule has 0 bridgehead atoms. The summed E-state index contributed by atoms with van der Waals surface area (Å²) in [4.78, 5) is 44.5. The first-order valence-corrected chi connectivity index (χ1v) is 8.48. The van der Waals surface area contributed by atoms with Gasteiger partial charge in [0.15, 0.2) is 0 Å². The number of rotatable bonds is 5. The van der Waals surface area contributed by atoms with Crippen LogP contribution in [0.15, 0.2) is 10.9 Å². The van der Waals surface area contributed by atoms with Crippen molar-refractivity contribution in [2.75, 3.05) is 18.8 Å². The minimum absolute atomic E-state index is 0.122. The van der Waals surface area contributed by atoms with Gasteiger partial charge in [0, 0.05) is 31.5 Å². The van der Waals surface area contributed by atoms with Crippen LogP contribution in [0.25, 0.3) is 0 Å². The summed E-state index contributed by atoms with van der Waals surface area (Å²) in [7, 11) is 0. The minimum atomic E-state index is -0.375. The summed E-state index contributed by atoms with van der Waals surface area (Å²) < 4.78 is 0. The summed E-state index contributed by atoms with van der Waals surface area (Å²) in [5.74, 6) is 0.718. The second-order valence-electron chi connectivity index (χ2n) is 6.48. The lowest BCUT2D eigenvalue weighted by Crippen LogP contribution is -2.52. The molecule has 1 aliphatic heterocycles. The number of nitrogen functional groups attached to an aromatic ring is 1. The topological polar surface area (TPSA) is 121 Å². The van der Waals surface area contributed by atoms with Gasteiger partial charge in [0.2, 0.25) is 11.8 Å². The Kier molecular flexibility index (Phi) is 4.82. The Morgan fingerprint density at radius 1 is 1.33 bits per heavy atom. The number of amides is 2. The van der Waals surface area contributed by atoms with Crippen molar-refractivity contribution in [3.05, 3.63) is 22.2 Å². The van der Waals surface area contributed by atoms with Crippen molar-refractivity contribution >= 4 is 17.6 Å². The van der Waals surface area contributed by atoms with Crippen molar-refractivity contribution in [3.8, 4) is 0 Å². The molecule has 2 aliphatic rings. The first-order valence-electron chi connectivity index (χ1n) is 8.48. The molecule has 2 heterocycles. The van der Waals surface area contributed by atoms with Gasteiger partial charge in [0.25, 0.3) is 5.56 Å². The van der Waals surface area contributed by atoms with Crippen LogP contribution in [0.5, 0.6) is 0 Å². The molecule has 24 heavy (non-hydrogen) atoms. The van der Waals surface area contributed by atoms with Gasteiger partial charge in [-0.2, -0.15) is 0 Å². The second-order valence-corrected chi connectivity index (χ2v) is 6.48. The Labute approximate surface area is 139 Å². The number of hydrogen-bond acceptors (Lipinski definition) is 5. The quantitative estimate of drug-likeness (QED) is 0.689. The highest BCUT2D eigenvalue weighted by atomic mass is 16.2. The zero-order valence-corrected chi connectivity index (χ0v) is 13.6. The van der Waals surface area contributed by atoms with Crippen LogP contribution in [0.4, 0.5) is 5.82 Å². The lowest BCUT2D eigenvalue weighted by molar-refractivity contribution is -0.143. The molecule has 2 fully saturated rings. The number of hydrogen-bond donors (Lipinski definition) is 3. The van der Waals surface area contributed by atoms with Gasteiger partial charge in [-0.15, -0.1) is 0 Å². The number of aromatic amines is 1. The maximum absolute atomic E-state index is 12.5. The van der Waals surface area contributed by atoms with Crippen LogP contribution >= 0.6 is 0 Å². The van der Waals surface area contributed by atoms with Crippen LogP contribution < -0.4 is 16.6 Å². The van der Waals surface area contributed by atoms with Crippen molar-refractivity contribution in [2.45, 2.75) is 44.6 Å². The molecule has 8 nitrogen and oxygen atoms in total. The maximum Gasteiger partial charge on any atom is 0.252 e. The van der Waals surface area contributed by atoms with Crippen LogP contribution in [0.3, 0.4) is 0 Å². The molecule has 1 aliphatic carbocycles. The fraction of sp³-hybridized carbons (Fsp3) is 0.625. The molecular weight excluding hydrogens is 310 g/mol. The van der Waals surface area contributed by atoms with Crippen molar-refractivity contribution < 1.29 is 9.59 Å². The average molecular weight is 333 g/mol. The zero-order valence-electron chi connectivity index (χ0n) is 13.6. The molecule has 0 aromatic carbocycles. The predicted molar refractivity (Wildman–Crippen MR) is 88.1 cm³/mol. The highest BCUT2D eigenvalue weighted by Gasteiger charge is 2.39. The fourth-order valence-electron chi connectivity index (χ4n) is 3.10. The molecule has 0 radical (unpaired) electrons. The standard InChI is InChI=1S/C16H23N5O3/c17-12-9-14(22)20-13(19-12)6-7-18-15(23)11-3-1-2-8-21(11)16(24)10-4-5-10/h9-11H,1-8H2,(H,18,23)(H3,17,19,20,22). The van der Waals surface area contributed by atoms with Crippen molar-refractivity contribution in [1.82, 2.24) is 20.2 Å². The van der Waals surface area contributed by atoms with Gasteiger partial charge in [-0.25, -0.2) is 4.98 Å². The number of aromatic nitrogens is 2. The normalized spacial score (nSPS) is 20.7.